The minimum Gasteiger partial charge on any atom is -0.508 e. The van der Waals surface area contributed by atoms with Crippen LogP contribution < -0.4 is 4.74 Å². The molecule has 0 aliphatic rings. The van der Waals surface area contributed by atoms with Gasteiger partial charge in [-0.05, 0) is 36.4 Å². The van der Waals surface area contributed by atoms with Crippen LogP contribution in [0.2, 0.25) is 0 Å². The van der Waals surface area contributed by atoms with Gasteiger partial charge < -0.3 is 9.84 Å². The van der Waals surface area contributed by atoms with Crippen LogP contribution in [0.1, 0.15) is 22.3 Å². The average Bonchev–Trinajstić information content (AvgIpc) is 2.74. The number of rotatable bonds is 2. The van der Waals surface area contributed by atoms with E-state index in [4.69, 9.17) is 30.9 Å². The molecule has 0 fully saturated rings. The van der Waals surface area contributed by atoms with E-state index in [1.807, 2.05) is 30.3 Å². The maximum absolute atomic E-state index is 9.14. The van der Waals surface area contributed by atoms with Crippen molar-refractivity contribution in [2.75, 3.05) is 0 Å². The predicted molar refractivity (Wildman–Crippen MR) is 99.9 cm³/mol. The Kier molecular flexibility index (Phi) is 6.73. The molecular weight excluding hydrogens is 352 g/mol. The number of benzene rings is 3. The number of phenolic OH excluding ortho intramolecular Hbond substituents is 1. The van der Waals surface area contributed by atoms with Gasteiger partial charge in [0.05, 0.1) is 11.1 Å². The number of para-hydroxylation sites is 1. The molecule has 0 unspecified atom stereocenters. The number of hydrogen-bond donors (Lipinski definition) is 1. The summed E-state index contributed by atoms with van der Waals surface area (Å²) in [4.78, 5) is 0. The van der Waals surface area contributed by atoms with Gasteiger partial charge in [-0.3, -0.25) is 0 Å². The fourth-order valence-corrected chi connectivity index (χ4v) is 2.20. The van der Waals surface area contributed by atoms with Crippen LogP contribution in [-0.2, 0) is 0 Å². The summed E-state index contributed by atoms with van der Waals surface area (Å²) in [6.07, 6.45) is 0. The summed E-state index contributed by atoms with van der Waals surface area (Å²) in [5, 5.41) is 44.8. The summed E-state index contributed by atoms with van der Waals surface area (Å²) in [6, 6.07) is 25.5. The second-order valence-electron chi connectivity index (χ2n) is 5.24. The first-order valence-electron chi connectivity index (χ1n) is 7.92. The number of nitriles is 4. The average molecular weight is 364 g/mol. The van der Waals surface area contributed by atoms with Crippen molar-refractivity contribution in [2.45, 2.75) is 0 Å². The van der Waals surface area contributed by atoms with Gasteiger partial charge in [-0.2, -0.15) is 21.0 Å². The molecule has 28 heavy (non-hydrogen) atoms. The first-order valence-corrected chi connectivity index (χ1v) is 7.92. The summed E-state index contributed by atoms with van der Waals surface area (Å²) in [5.74, 6) is 0.661. The van der Waals surface area contributed by atoms with Gasteiger partial charge in [-0.1, -0.05) is 30.3 Å². The van der Waals surface area contributed by atoms with Crippen molar-refractivity contribution in [3.05, 3.63) is 89.0 Å². The first-order chi connectivity index (χ1) is 13.6. The topological polar surface area (TPSA) is 125 Å². The maximum atomic E-state index is 9.14. The summed E-state index contributed by atoms with van der Waals surface area (Å²) in [5.41, 5.74) is 0.549. The fourth-order valence-electron chi connectivity index (χ4n) is 2.20. The van der Waals surface area contributed by atoms with E-state index >= 15 is 0 Å². The minimum absolute atomic E-state index is 0.0891. The summed E-state index contributed by atoms with van der Waals surface area (Å²) >= 11 is 0. The normalized spacial score (nSPS) is 8.71. The van der Waals surface area contributed by atoms with Crippen LogP contribution in [0.5, 0.6) is 17.2 Å². The van der Waals surface area contributed by atoms with Crippen molar-refractivity contribution in [1.82, 2.24) is 0 Å². The molecule has 3 rings (SSSR count). The Morgan fingerprint density at radius 3 is 1.36 bits per heavy atom. The van der Waals surface area contributed by atoms with Gasteiger partial charge in [0.1, 0.15) is 52.7 Å². The molecule has 0 saturated carbocycles. The van der Waals surface area contributed by atoms with Gasteiger partial charge >= 0.3 is 0 Å². The summed E-state index contributed by atoms with van der Waals surface area (Å²) in [7, 11) is 0. The van der Waals surface area contributed by atoms with Crippen molar-refractivity contribution in [2.24, 2.45) is 0 Å². The Morgan fingerprint density at radius 1 is 0.571 bits per heavy atom. The number of phenols is 1. The van der Waals surface area contributed by atoms with Crippen LogP contribution in [0.4, 0.5) is 0 Å². The van der Waals surface area contributed by atoms with Crippen molar-refractivity contribution in [3.8, 4) is 41.5 Å². The Morgan fingerprint density at radius 2 is 1.04 bits per heavy atom. The van der Waals surface area contributed by atoms with E-state index in [-0.39, 0.29) is 33.8 Å². The van der Waals surface area contributed by atoms with E-state index < -0.39 is 0 Å². The minimum atomic E-state index is 0.0891. The molecule has 6 heteroatoms. The van der Waals surface area contributed by atoms with Gasteiger partial charge in [0.25, 0.3) is 0 Å². The molecule has 3 aromatic rings. The van der Waals surface area contributed by atoms with Crippen LogP contribution in [-0.4, -0.2) is 5.11 Å². The third kappa shape index (κ3) is 4.64. The molecule has 0 spiro atoms. The zero-order valence-corrected chi connectivity index (χ0v) is 14.5. The molecule has 0 amide bonds. The molecule has 0 aliphatic heterocycles. The standard InChI is InChI=1S/C16H6N4O.C6H6O/c17-7-11-3-1-5-15(13(11)9-19)21-16-6-2-4-12(8-18)14(16)10-20;7-6-4-2-1-3-5-6/h1-6H;1-5,7H. The highest BCUT2D eigenvalue weighted by Gasteiger charge is 2.14. The zero-order valence-electron chi connectivity index (χ0n) is 14.5. The highest BCUT2D eigenvalue weighted by molar-refractivity contribution is 5.58. The molecule has 1 N–H and O–H groups in total. The fraction of sp³-hybridized carbons (Fsp3) is 0. The molecular formula is C22H12N4O2. The lowest BCUT2D eigenvalue weighted by molar-refractivity contribution is 0.475. The van der Waals surface area contributed by atoms with Gasteiger partial charge in [-0.15, -0.1) is 0 Å². The molecule has 0 heterocycles. The van der Waals surface area contributed by atoms with E-state index in [0.717, 1.165) is 0 Å². The lowest BCUT2D eigenvalue weighted by atomic mass is 10.1. The molecule has 0 atom stereocenters. The van der Waals surface area contributed by atoms with Gasteiger partial charge in [0.2, 0.25) is 0 Å². The SMILES string of the molecule is N#Cc1cccc(Oc2cccc(C#N)c2C#N)c1C#N.Oc1ccccc1. The quantitative estimate of drug-likeness (QED) is 0.720. The van der Waals surface area contributed by atoms with Crippen LogP contribution in [0.15, 0.2) is 66.7 Å². The van der Waals surface area contributed by atoms with E-state index in [0.29, 0.717) is 5.75 Å². The third-order valence-electron chi connectivity index (χ3n) is 3.49. The monoisotopic (exact) mass is 364 g/mol. The van der Waals surface area contributed by atoms with Crippen LogP contribution in [0, 0.1) is 45.3 Å². The molecule has 0 saturated heterocycles. The van der Waals surface area contributed by atoms with Gasteiger partial charge in [-0.25, -0.2) is 0 Å². The highest BCUT2D eigenvalue weighted by atomic mass is 16.5. The van der Waals surface area contributed by atoms with Crippen LogP contribution in [0.25, 0.3) is 0 Å². The number of hydrogen-bond acceptors (Lipinski definition) is 6. The van der Waals surface area contributed by atoms with Gasteiger partial charge in [0, 0.05) is 0 Å². The highest BCUT2D eigenvalue weighted by Crippen LogP contribution is 2.30. The van der Waals surface area contributed by atoms with Crippen molar-refractivity contribution < 1.29 is 9.84 Å². The summed E-state index contributed by atoms with van der Waals surface area (Å²) < 4.78 is 5.56. The lowest BCUT2D eigenvalue weighted by Gasteiger charge is -2.10. The Balaban J connectivity index is 0.000000336. The molecule has 0 aliphatic carbocycles. The van der Waals surface area contributed by atoms with Crippen LogP contribution >= 0.6 is 0 Å². The maximum Gasteiger partial charge on any atom is 0.146 e. The van der Waals surface area contributed by atoms with Crippen molar-refractivity contribution in [1.29, 1.82) is 21.0 Å². The molecule has 0 aromatic heterocycles. The molecule has 0 bridgehead atoms. The molecule has 6 nitrogen and oxygen atoms in total. The van der Waals surface area contributed by atoms with Crippen molar-refractivity contribution in [3.63, 3.8) is 0 Å². The Hall–Kier alpha value is -4.78. The number of ether oxygens (including phenoxy) is 1. The predicted octanol–water partition coefficient (Wildman–Crippen LogP) is 4.36. The zero-order chi connectivity index (χ0) is 20.4. The van der Waals surface area contributed by atoms with Gasteiger partial charge in [0.15, 0.2) is 0 Å². The Labute approximate surface area is 161 Å². The summed E-state index contributed by atoms with van der Waals surface area (Å²) in [6.45, 7) is 0. The first kappa shape index (κ1) is 19.5. The Bertz CT molecular complexity index is 1070. The second-order valence-corrected chi connectivity index (χ2v) is 5.24. The van der Waals surface area contributed by atoms with E-state index in [9.17, 15) is 0 Å². The van der Waals surface area contributed by atoms with E-state index in [1.54, 1.807) is 36.4 Å². The number of nitrogens with zero attached hydrogens (tertiary/aromatic N) is 4. The third-order valence-corrected chi connectivity index (χ3v) is 3.49. The van der Waals surface area contributed by atoms with Crippen molar-refractivity contribution >= 4 is 0 Å². The van der Waals surface area contributed by atoms with E-state index in [2.05, 4.69) is 0 Å². The molecule has 0 radical (unpaired) electrons. The molecule has 3 aromatic carbocycles. The lowest BCUT2D eigenvalue weighted by Crippen LogP contribution is -1.95. The largest absolute Gasteiger partial charge is 0.508 e. The smallest absolute Gasteiger partial charge is 0.146 e. The molecule has 132 valence electrons. The number of aromatic hydroxyl groups is 1. The van der Waals surface area contributed by atoms with Crippen LogP contribution in [0.3, 0.4) is 0 Å². The second kappa shape index (κ2) is 9.64. The van der Waals surface area contributed by atoms with E-state index in [1.165, 1.54) is 24.3 Å².